The van der Waals surface area contributed by atoms with Crippen molar-refractivity contribution in [2.45, 2.75) is 51.5 Å². The van der Waals surface area contributed by atoms with Crippen molar-refractivity contribution in [2.24, 2.45) is 0 Å². The second-order valence-electron chi connectivity index (χ2n) is 5.44. The summed E-state index contributed by atoms with van der Waals surface area (Å²) in [5.74, 6) is 0.0673. The van der Waals surface area contributed by atoms with Crippen LogP contribution in [-0.2, 0) is 0 Å². The molecular weight excluding hydrogens is 236 g/mol. The number of amides is 1. The molecule has 1 fully saturated rings. The molecule has 1 aromatic carbocycles. The normalized spacial score (nSPS) is 16.7. The molecule has 0 unspecified atom stereocenters. The van der Waals surface area contributed by atoms with Gasteiger partial charge in [-0.15, -0.1) is 0 Å². The summed E-state index contributed by atoms with van der Waals surface area (Å²) < 4.78 is 0. The number of benzene rings is 1. The van der Waals surface area contributed by atoms with E-state index in [1.54, 1.807) is 0 Å². The minimum Gasteiger partial charge on any atom is -0.388 e. The van der Waals surface area contributed by atoms with E-state index in [0.717, 1.165) is 29.7 Å². The van der Waals surface area contributed by atoms with E-state index in [2.05, 4.69) is 10.6 Å². The first-order valence-corrected chi connectivity index (χ1v) is 7.30. The molecule has 1 aromatic rings. The van der Waals surface area contributed by atoms with Crippen LogP contribution in [0, 0.1) is 6.92 Å². The molecule has 0 heterocycles. The van der Waals surface area contributed by atoms with Gasteiger partial charge in [0.15, 0.2) is 0 Å². The first-order chi connectivity index (χ1) is 9.20. The molecule has 1 aliphatic carbocycles. The molecule has 104 valence electrons. The summed E-state index contributed by atoms with van der Waals surface area (Å²) in [7, 11) is 1.90. The maximum absolute atomic E-state index is 12.2. The Labute approximate surface area is 115 Å². The van der Waals surface area contributed by atoms with Gasteiger partial charge >= 0.3 is 0 Å². The van der Waals surface area contributed by atoms with Gasteiger partial charge in [-0.05, 0) is 43.5 Å². The summed E-state index contributed by atoms with van der Waals surface area (Å²) in [5.41, 5.74) is 2.95. The zero-order valence-electron chi connectivity index (χ0n) is 12.0. The summed E-state index contributed by atoms with van der Waals surface area (Å²) >= 11 is 0. The molecule has 0 radical (unpaired) electrons. The highest BCUT2D eigenvalue weighted by Gasteiger charge is 2.16. The highest BCUT2D eigenvalue weighted by atomic mass is 16.1. The SMILES string of the molecule is CNc1ccc(C(=O)NC2CCCCCC2)cc1C. The van der Waals surface area contributed by atoms with Crippen LogP contribution in [0.4, 0.5) is 5.69 Å². The van der Waals surface area contributed by atoms with Crippen molar-refractivity contribution in [3.8, 4) is 0 Å². The van der Waals surface area contributed by atoms with Crippen molar-refractivity contribution in [1.82, 2.24) is 5.32 Å². The van der Waals surface area contributed by atoms with Crippen LogP contribution in [0.3, 0.4) is 0 Å². The third kappa shape index (κ3) is 3.72. The highest BCUT2D eigenvalue weighted by Crippen LogP contribution is 2.19. The standard InChI is InChI=1S/C16H24N2O/c1-12-11-13(9-10-15(12)17-2)16(19)18-14-7-5-3-4-6-8-14/h9-11,14,17H,3-8H2,1-2H3,(H,18,19). The number of aryl methyl sites for hydroxylation is 1. The maximum Gasteiger partial charge on any atom is 0.251 e. The number of carbonyl (C=O) groups is 1. The third-order valence-corrected chi connectivity index (χ3v) is 3.95. The van der Waals surface area contributed by atoms with Crippen LogP contribution in [0.5, 0.6) is 0 Å². The van der Waals surface area contributed by atoms with Gasteiger partial charge in [-0.1, -0.05) is 25.7 Å². The van der Waals surface area contributed by atoms with Gasteiger partial charge in [0, 0.05) is 24.3 Å². The molecule has 0 spiro atoms. The van der Waals surface area contributed by atoms with Crippen LogP contribution in [-0.4, -0.2) is 19.0 Å². The lowest BCUT2D eigenvalue weighted by Gasteiger charge is -2.16. The number of hydrogen-bond acceptors (Lipinski definition) is 2. The van der Waals surface area contributed by atoms with Gasteiger partial charge in [-0.25, -0.2) is 0 Å². The number of carbonyl (C=O) groups excluding carboxylic acids is 1. The van der Waals surface area contributed by atoms with Crippen LogP contribution in [0.2, 0.25) is 0 Å². The number of nitrogens with one attached hydrogen (secondary N) is 2. The van der Waals surface area contributed by atoms with Gasteiger partial charge in [0.25, 0.3) is 5.91 Å². The Bertz CT molecular complexity index is 434. The quantitative estimate of drug-likeness (QED) is 0.817. The summed E-state index contributed by atoms with van der Waals surface area (Å²) in [6.07, 6.45) is 7.34. The van der Waals surface area contributed by atoms with Gasteiger partial charge in [0.1, 0.15) is 0 Å². The fourth-order valence-corrected chi connectivity index (χ4v) is 2.78. The maximum atomic E-state index is 12.2. The van der Waals surface area contributed by atoms with E-state index in [-0.39, 0.29) is 5.91 Å². The predicted octanol–water partition coefficient (Wildman–Crippen LogP) is 3.49. The molecular formula is C16H24N2O. The molecule has 3 heteroatoms. The Morgan fingerprint density at radius 3 is 2.42 bits per heavy atom. The smallest absolute Gasteiger partial charge is 0.251 e. The monoisotopic (exact) mass is 260 g/mol. The number of hydrogen-bond donors (Lipinski definition) is 2. The summed E-state index contributed by atoms with van der Waals surface area (Å²) in [6.45, 7) is 2.02. The fourth-order valence-electron chi connectivity index (χ4n) is 2.78. The van der Waals surface area contributed by atoms with E-state index in [1.807, 2.05) is 32.2 Å². The Hall–Kier alpha value is -1.51. The van der Waals surface area contributed by atoms with E-state index in [9.17, 15) is 4.79 Å². The minimum absolute atomic E-state index is 0.0673. The van der Waals surface area contributed by atoms with Crippen LogP contribution in [0.1, 0.15) is 54.4 Å². The molecule has 0 saturated heterocycles. The first-order valence-electron chi connectivity index (χ1n) is 7.30. The molecule has 2 rings (SSSR count). The van der Waals surface area contributed by atoms with Crippen molar-refractivity contribution < 1.29 is 4.79 Å². The lowest BCUT2D eigenvalue weighted by atomic mass is 10.1. The Morgan fingerprint density at radius 2 is 1.84 bits per heavy atom. The second kappa shape index (κ2) is 6.60. The molecule has 1 aliphatic rings. The molecule has 0 bridgehead atoms. The molecule has 19 heavy (non-hydrogen) atoms. The zero-order chi connectivity index (χ0) is 13.7. The van der Waals surface area contributed by atoms with Gasteiger partial charge in [-0.2, -0.15) is 0 Å². The average Bonchev–Trinajstić information content (AvgIpc) is 2.67. The largest absolute Gasteiger partial charge is 0.388 e. The summed E-state index contributed by atoms with van der Waals surface area (Å²) in [6, 6.07) is 6.18. The minimum atomic E-state index is 0.0673. The van der Waals surface area contributed by atoms with Gasteiger partial charge in [0.2, 0.25) is 0 Å². The van der Waals surface area contributed by atoms with Crippen LogP contribution in [0.15, 0.2) is 18.2 Å². The Morgan fingerprint density at radius 1 is 1.16 bits per heavy atom. The highest BCUT2D eigenvalue weighted by molar-refractivity contribution is 5.95. The topological polar surface area (TPSA) is 41.1 Å². The summed E-state index contributed by atoms with van der Waals surface area (Å²) in [4.78, 5) is 12.2. The third-order valence-electron chi connectivity index (χ3n) is 3.95. The van der Waals surface area contributed by atoms with Gasteiger partial charge in [0.05, 0.1) is 0 Å². The van der Waals surface area contributed by atoms with Crippen molar-refractivity contribution in [3.05, 3.63) is 29.3 Å². The second-order valence-corrected chi connectivity index (χ2v) is 5.44. The lowest BCUT2D eigenvalue weighted by Crippen LogP contribution is -2.34. The molecule has 2 N–H and O–H groups in total. The predicted molar refractivity (Wildman–Crippen MR) is 79.7 cm³/mol. The van der Waals surface area contributed by atoms with Gasteiger partial charge < -0.3 is 10.6 Å². The van der Waals surface area contributed by atoms with E-state index < -0.39 is 0 Å². The van der Waals surface area contributed by atoms with Crippen molar-refractivity contribution in [2.75, 3.05) is 12.4 Å². The molecule has 0 atom stereocenters. The number of rotatable bonds is 3. The molecule has 0 aromatic heterocycles. The number of anilines is 1. The molecule has 1 amide bonds. The van der Waals surface area contributed by atoms with Crippen molar-refractivity contribution >= 4 is 11.6 Å². The van der Waals surface area contributed by atoms with Crippen LogP contribution in [0.25, 0.3) is 0 Å². The Balaban J connectivity index is 2.00. The Kier molecular flexibility index (Phi) is 4.83. The van der Waals surface area contributed by atoms with Gasteiger partial charge in [-0.3, -0.25) is 4.79 Å². The molecule has 1 saturated carbocycles. The van der Waals surface area contributed by atoms with Crippen molar-refractivity contribution in [1.29, 1.82) is 0 Å². The van der Waals surface area contributed by atoms with E-state index in [1.165, 1.54) is 25.7 Å². The summed E-state index contributed by atoms with van der Waals surface area (Å²) in [5, 5.41) is 6.30. The van der Waals surface area contributed by atoms with Crippen LogP contribution >= 0.6 is 0 Å². The fraction of sp³-hybridized carbons (Fsp3) is 0.562. The molecule has 0 aliphatic heterocycles. The van der Waals surface area contributed by atoms with Crippen molar-refractivity contribution in [3.63, 3.8) is 0 Å². The molecule has 3 nitrogen and oxygen atoms in total. The average molecular weight is 260 g/mol. The van der Waals surface area contributed by atoms with E-state index in [0.29, 0.717) is 6.04 Å². The van der Waals surface area contributed by atoms with E-state index >= 15 is 0 Å². The van der Waals surface area contributed by atoms with Crippen LogP contribution < -0.4 is 10.6 Å². The zero-order valence-corrected chi connectivity index (χ0v) is 12.0. The lowest BCUT2D eigenvalue weighted by molar-refractivity contribution is 0.0933. The van der Waals surface area contributed by atoms with E-state index in [4.69, 9.17) is 0 Å². The first kappa shape index (κ1) is 13.9.